The van der Waals surface area contributed by atoms with E-state index in [4.69, 9.17) is 0 Å². The summed E-state index contributed by atoms with van der Waals surface area (Å²) in [6.45, 7) is 4.36. The summed E-state index contributed by atoms with van der Waals surface area (Å²) in [6.07, 6.45) is 4.69. The van der Waals surface area contributed by atoms with Gasteiger partial charge in [-0.2, -0.15) is 0 Å². The fourth-order valence-corrected chi connectivity index (χ4v) is 2.90. The lowest BCUT2D eigenvalue weighted by Gasteiger charge is -2.41. The molecular weight excluding hydrogens is 232 g/mol. The number of aliphatic carboxylic acids is 1. The third kappa shape index (κ3) is 2.51. The zero-order valence-electron chi connectivity index (χ0n) is 11.0. The number of amides is 1. The molecule has 0 bridgehead atoms. The molecule has 18 heavy (non-hydrogen) atoms. The molecule has 2 aliphatic rings. The molecule has 2 aliphatic heterocycles. The van der Waals surface area contributed by atoms with Gasteiger partial charge in [-0.15, -0.1) is 0 Å². The molecule has 1 N–H and O–H groups in total. The van der Waals surface area contributed by atoms with E-state index in [9.17, 15) is 14.7 Å². The molecule has 0 aromatic carbocycles. The molecule has 0 aromatic rings. The number of nitrogens with zero attached hydrogens (tertiary/aromatic N) is 2. The summed E-state index contributed by atoms with van der Waals surface area (Å²) in [4.78, 5) is 27.2. The van der Waals surface area contributed by atoms with Gasteiger partial charge in [-0.05, 0) is 45.6 Å². The molecule has 0 spiro atoms. The molecule has 0 saturated carbocycles. The van der Waals surface area contributed by atoms with Crippen LogP contribution < -0.4 is 0 Å². The number of carbonyl (C=O) groups excluding carboxylic acids is 1. The lowest BCUT2D eigenvalue weighted by molar-refractivity contribution is -0.154. The Kier molecular flexibility index (Phi) is 3.90. The van der Waals surface area contributed by atoms with Crippen LogP contribution in [0.15, 0.2) is 0 Å². The van der Waals surface area contributed by atoms with E-state index in [1.807, 2.05) is 9.80 Å². The quantitative estimate of drug-likeness (QED) is 0.814. The minimum Gasteiger partial charge on any atom is -0.480 e. The Labute approximate surface area is 108 Å². The number of carboxylic acid groups (broad SMARTS) is 1. The normalized spacial score (nSPS) is 29.5. The van der Waals surface area contributed by atoms with Gasteiger partial charge >= 0.3 is 5.97 Å². The molecular formula is C13H22N2O3. The van der Waals surface area contributed by atoms with Crippen molar-refractivity contribution in [3.05, 3.63) is 0 Å². The second-order valence-electron chi connectivity index (χ2n) is 5.55. The van der Waals surface area contributed by atoms with Gasteiger partial charge in [0.15, 0.2) is 0 Å². The summed E-state index contributed by atoms with van der Waals surface area (Å²) in [5.41, 5.74) is -0.867. The van der Waals surface area contributed by atoms with Crippen LogP contribution in [0.4, 0.5) is 0 Å². The number of likely N-dealkylation sites (tertiary alicyclic amines) is 2. The predicted octanol–water partition coefficient (Wildman–Crippen LogP) is 0.938. The second-order valence-corrected chi connectivity index (χ2v) is 5.55. The second kappa shape index (κ2) is 5.26. The number of hydrogen-bond acceptors (Lipinski definition) is 3. The highest BCUT2D eigenvalue weighted by atomic mass is 16.4. The molecule has 1 atom stereocenters. The maximum absolute atomic E-state index is 12.1. The fraction of sp³-hybridized carbons (Fsp3) is 0.846. The van der Waals surface area contributed by atoms with Gasteiger partial charge in [0.1, 0.15) is 5.54 Å². The topological polar surface area (TPSA) is 60.9 Å². The first-order valence-corrected chi connectivity index (χ1v) is 6.80. The van der Waals surface area contributed by atoms with Crippen molar-refractivity contribution in [1.29, 1.82) is 0 Å². The monoisotopic (exact) mass is 254 g/mol. The number of carboxylic acids is 1. The number of rotatable bonds is 3. The summed E-state index contributed by atoms with van der Waals surface area (Å²) in [5, 5.41) is 9.38. The molecule has 2 saturated heterocycles. The van der Waals surface area contributed by atoms with E-state index in [1.54, 1.807) is 6.92 Å². The third-order valence-electron chi connectivity index (χ3n) is 4.29. The Balaban J connectivity index is 2.01. The van der Waals surface area contributed by atoms with Crippen molar-refractivity contribution in [2.24, 2.45) is 0 Å². The summed E-state index contributed by atoms with van der Waals surface area (Å²) in [6, 6.07) is 0. The highest BCUT2D eigenvalue weighted by Gasteiger charge is 2.42. The minimum absolute atomic E-state index is 0.0851. The lowest BCUT2D eigenvalue weighted by atomic mass is 9.88. The van der Waals surface area contributed by atoms with Crippen LogP contribution in [0.5, 0.6) is 0 Å². The first kappa shape index (κ1) is 13.3. The van der Waals surface area contributed by atoms with Crippen molar-refractivity contribution in [2.75, 3.05) is 26.2 Å². The fourth-order valence-electron chi connectivity index (χ4n) is 2.90. The Morgan fingerprint density at radius 3 is 2.33 bits per heavy atom. The maximum Gasteiger partial charge on any atom is 0.323 e. The average Bonchev–Trinajstić information content (AvgIpc) is 2.85. The van der Waals surface area contributed by atoms with E-state index in [0.29, 0.717) is 13.0 Å². The molecule has 2 heterocycles. The molecule has 5 heteroatoms. The number of hydrogen-bond donors (Lipinski definition) is 1. The van der Waals surface area contributed by atoms with Gasteiger partial charge in [0.25, 0.3) is 0 Å². The van der Waals surface area contributed by atoms with Crippen LogP contribution >= 0.6 is 0 Å². The molecule has 0 radical (unpaired) electrons. The van der Waals surface area contributed by atoms with Crippen LogP contribution in [-0.2, 0) is 9.59 Å². The SMILES string of the molecule is CC1(C(=O)O)CCCCN1CC(=O)N1CCCC1. The van der Waals surface area contributed by atoms with Gasteiger partial charge in [0.05, 0.1) is 6.54 Å². The molecule has 2 fully saturated rings. The first-order valence-electron chi connectivity index (χ1n) is 6.80. The van der Waals surface area contributed by atoms with Crippen LogP contribution in [0.1, 0.15) is 39.0 Å². The predicted molar refractivity (Wildman–Crippen MR) is 67.3 cm³/mol. The van der Waals surface area contributed by atoms with E-state index in [1.165, 1.54) is 0 Å². The Morgan fingerprint density at radius 2 is 1.72 bits per heavy atom. The summed E-state index contributed by atoms with van der Waals surface area (Å²) in [7, 11) is 0. The van der Waals surface area contributed by atoms with Crippen molar-refractivity contribution in [1.82, 2.24) is 9.80 Å². The van der Waals surface area contributed by atoms with Crippen molar-refractivity contribution < 1.29 is 14.7 Å². The molecule has 0 aliphatic carbocycles. The molecule has 5 nitrogen and oxygen atoms in total. The number of carbonyl (C=O) groups is 2. The molecule has 1 amide bonds. The van der Waals surface area contributed by atoms with Crippen LogP contribution in [0, 0.1) is 0 Å². The van der Waals surface area contributed by atoms with Gasteiger partial charge in [0.2, 0.25) is 5.91 Å². The van der Waals surface area contributed by atoms with Gasteiger partial charge in [0, 0.05) is 13.1 Å². The highest BCUT2D eigenvalue weighted by molar-refractivity contribution is 5.82. The summed E-state index contributed by atoms with van der Waals surface area (Å²) >= 11 is 0. The van der Waals surface area contributed by atoms with Gasteiger partial charge in [-0.3, -0.25) is 14.5 Å². The molecule has 2 rings (SSSR count). The van der Waals surface area contributed by atoms with Crippen LogP contribution in [0.3, 0.4) is 0 Å². The van der Waals surface area contributed by atoms with Crippen LogP contribution in [0.25, 0.3) is 0 Å². The average molecular weight is 254 g/mol. The zero-order valence-corrected chi connectivity index (χ0v) is 11.0. The third-order valence-corrected chi connectivity index (χ3v) is 4.29. The van der Waals surface area contributed by atoms with Gasteiger partial charge in [-0.1, -0.05) is 0 Å². The molecule has 0 aromatic heterocycles. The van der Waals surface area contributed by atoms with E-state index in [2.05, 4.69) is 0 Å². The standard InChI is InChI=1S/C13H22N2O3/c1-13(12(17)18)6-2-3-9-15(13)10-11(16)14-7-4-5-8-14/h2-10H2,1H3,(H,17,18). The Hall–Kier alpha value is -1.10. The highest BCUT2D eigenvalue weighted by Crippen LogP contribution is 2.28. The number of piperidine rings is 1. The Morgan fingerprint density at radius 1 is 1.11 bits per heavy atom. The van der Waals surface area contributed by atoms with E-state index in [-0.39, 0.29) is 12.5 Å². The van der Waals surface area contributed by atoms with Crippen molar-refractivity contribution in [3.63, 3.8) is 0 Å². The van der Waals surface area contributed by atoms with Gasteiger partial charge < -0.3 is 10.0 Å². The summed E-state index contributed by atoms with van der Waals surface area (Å²) in [5.74, 6) is -0.724. The smallest absolute Gasteiger partial charge is 0.323 e. The van der Waals surface area contributed by atoms with E-state index >= 15 is 0 Å². The lowest BCUT2D eigenvalue weighted by Crippen LogP contribution is -2.57. The van der Waals surface area contributed by atoms with Crippen LogP contribution in [-0.4, -0.2) is 58.5 Å². The molecule has 1 unspecified atom stereocenters. The largest absolute Gasteiger partial charge is 0.480 e. The first-order chi connectivity index (χ1) is 8.54. The van der Waals surface area contributed by atoms with E-state index < -0.39 is 11.5 Å². The van der Waals surface area contributed by atoms with E-state index in [0.717, 1.165) is 38.8 Å². The minimum atomic E-state index is -0.867. The zero-order chi connectivity index (χ0) is 13.2. The van der Waals surface area contributed by atoms with Crippen molar-refractivity contribution >= 4 is 11.9 Å². The van der Waals surface area contributed by atoms with Crippen molar-refractivity contribution in [2.45, 2.75) is 44.6 Å². The Bertz CT molecular complexity index is 339. The summed E-state index contributed by atoms with van der Waals surface area (Å²) < 4.78 is 0. The maximum atomic E-state index is 12.1. The van der Waals surface area contributed by atoms with Crippen molar-refractivity contribution in [3.8, 4) is 0 Å². The molecule has 102 valence electrons. The van der Waals surface area contributed by atoms with Gasteiger partial charge in [-0.25, -0.2) is 0 Å². The van der Waals surface area contributed by atoms with Crippen LogP contribution in [0.2, 0.25) is 0 Å².